The van der Waals surface area contributed by atoms with Gasteiger partial charge in [-0.15, -0.1) is 0 Å². The van der Waals surface area contributed by atoms with Crippen molar-refractivity contribution in [3.63, 3.8) is 0 Å². The molecule has 3 nitrogen and oxygen atoms in total. The lowest BCUT2D eigenvalue weighted by molar-refractivity contribution is 0.317. The molecule has 0 aliphatic heterocycles. The van der Waals surface area contributed by atoms with Crippen LogP contribution in [0, 0.1) is 6.92 Å². The fourth-order valence-electron chi connectivity index (χ4n) is 3.64. The van der Waals surface area contributed by atoms with Crippen LogP contribution in [0.3, 0.4) is 0 Å². The van der Waals surface area contributed by atoms with Gasteiger partial charge in [0.15, 0.2) is 5.43 Å². The summed E-state index contributed by atoms with van der Waals surface area (Å²) in [6.07, 6.45) is 0.969. The van der Waals surface area contributed by atoms with Crippen molar-refractivity contribution in [2.24, 2.45) is 0 Å². The number of pyridine rings is 1. The van der Waals surface area contributed by atoms with E-state index >= 15 is 0 Å². The molecule has 0 saturated heterocycles. The predicted molar refractivity (Wildman–Crippen MR) is 123 cm³/mol. The molecular weight excluding hydrogens is 370 g/mol. The zero-order chi connectivity index (χ0) is 20.9. The summed E-state index contributed by atoms with van der Waals surface area (Å²) >= 11 is 0. The molecule has 30 heavy (non-hydrogen) atoms. The molecule has 0 N–H and O–H groups in total. The van der Waals surface area contributed by atoms with E-state index in [1.807, 2.05) is 91.9 Å². The van der Waals surface area contributed by atoms with Crippen LogP contribution < -0.4 is 10.2 Å². The second-order valence-electron chi connectivity index (χ2n) is 7.28. The van der Waals surface area contributed by atoms with Gasteiger partial charge in [-0.25, -0.2) is 0 Å². The second kappa shape index (κ2) is 8.83. The Labute approximate surface area is 177 Å². The van der Waals surface area contributed by atoms with Crippen LogP contribution >= 0.6 is 0 Å². The molecule has 0 saturated carbocycles. The van der Waals surface area contributed by atoms with Crippen molar-refractivity contribution < 1.29 is 4.74 Å². The van der Waals surface area contributed by atoms with Crippen molar-refractivity contribution in [3.05, 3.63) is 107 Å². The first-order valence-electron chi connectivity index (χ1n) is 10.3. The van der Waals surface area contributed by atoms with Crippen molar-refractivity contribution in [1.82, 2.24) is 4.57 Å². The smallest absolute Gasteiger partial charge is 0.185 e. The molecule has 0 bridgehead atoms. The predicted octanol–water partition coefficient (Wildman–Crippen LogP) is 6.27. The Hall–Kier alpha value is -3.59. The molecule has 0 atom stereocenters. The summed E-state index contributed by atoms with van der Waals surface area (Å²) in [5, 5.41) is 0. The third kappa shape index (κ3) is 3.92. The Kier molecular flexibility index (Phi) is 5.80. The van der Waals surface area contributed by atoms with E-state index < -0.39 is 0 Å². The van der Waals surface area contributed by atoms with Crippen LogP contribution in [-0.2, 0) is 0 Å². The first-order chi connectivity index (χ1) is 14.7. The van der Waals surface area contributed by atoms with Crippen LogP contribution in [0.1, 0.15) is 18.9 Å². The standard InChI is InChI=1S/C27H25NO2/c1-3-18-30-24-16-14-23(15-17-24)28-25(21-10-6-4-7-11-21)19-26(29)20(2)27(28)22-12-8-5-9-13-22/h4-17,19H,3,18H2,1-2H3. The number of hydrogen-bond donors (Lipinski definition) is 0. The van der Waals surface area contributed by atoms with Gasteiger partial charge in [-0.1, -0.05) is 67.6 Å². The number of rotatable bonds is 6. The average Bonchev–Trinajstić information content (AvgIpc) is 2.80. The highest BCUT2D eigenvalue weighted by molar-refractivity contribution is 5.73. The Morgan fingerprint density at radius 3 is 2.00 bits per heavy atom. The fraction of sp³-hybridized carbons (Fsp3) is 0.148. The van der Waals surface area contributed by atoms with Gasteiger partial charge in [-0.05, 0) is 48.7 Å². The zero-order valence-corrected chi connectivity index (χ0v) is 17.3. The molecule has 4 rings (SSSR count). The van der Waals surface area contributed by atoms with Crippen LogP contribution in [0.4, 0.5) is 0 Å². The maximum absolute atomic E-state index is 12.9. The van der Waals surface area contributed by atoms with E-state index in [2.05, 4.69) is 11.5 Å². The van der Waals surface area contributed by atoms with Gasteiger partial charge in [0.05, 0.1) is 18.0 Å². The summed E-state index contributed by atoms with van der Waals surface area (Å²) in [7, 11) is 0. The molecule has 1 aromatic heterocycles. The van der Waals surface area contributed by atoms with Crippen molar-refractivity contribution in [3.8, 4) is 34.0 Å². The van der Waals surface area contributed by atoms with Gasteiger partial charge < -0.3 is 9.30 Å². The fourth-order valence-corrected chi connectivity index (χ4v) is 3.64. The molecule has 0 aliphatic rings. The first-order valence-corrected chi connectivity index (χ1v) is 10.3. The quantitative estimate of drug-likeness (QED) is 0.385. The third-order valence-corrected chi connectivity index (χ3v) is 5.14. The Balaban J connectivity index is 1.99. The minimum atomic E-state index is 0.0341. The molecule has 4 aromatic rings. The Morgan fingerprint density at radius 2 is 1.40 bits per heavy atom. The van der Waals surface area contributed by atoms with E-state index in [-0.39, 0.29) is 5.43 Å². The summed E-state index contributed by atoms with van der Waals surface area (Å²) < 4.78 is 7.93. The zero-order valence-electron chi connectivity index (χ0n) is 17.3. The molecular formula is C27H25NO2. The monoisotopic (exact) mass is 395 g/mol. The molecule has 0 radical (unpaired) electrons. The minimum Gasteiger partial charge on any atom is -0.494 e. The lowest BCUT2D eigenvalue weighted by Gasteiger charge is -2.22. The summed E-state index contributed by atoms with van der Waals surface area (Å²) in [6.45, 7) is 4.69. The molecule has 3 aromatic carbocycles. The lowest BCUT2D eigenvalue weighted by Crippen LogP contribution is -2.15. The third-order valence-electron chi connectivity index (χ3n) is 5.14. The van der Waals surface area contributed by atoms with Gasteiger partial charge in [0.1, 0.15) is 5.75 Å². The number of hydrogen-bond acceptors (Lipinski definition) is 2. The normalized spacial score (nSPS) is 10.7. The topological polar surface area (TPSA) is 31.2 Å². The van der Waals surface area contributed by atoms with Crippen LogP contribution in [0.2, 0.25) is 0 Å². The molecule has 0 fully saturated rings. The molecule has 0 spiro atoms. The number of ether oxygens (including phenoxy) is 1. The molecule has 0 aliphatic carbocycles. The van der Waals surface area contributed by atoms with E-state index in [4.69, 9.17) is 4.74 Å². The summed E-state index contributed by atoms with van der Waals surface area (Å²) in [4.78, 5) is 12.9. The number of aromatic nitrogens is 1. The van der Waals surface area contributed by atoms with Crippen molar-refractivity contribution in [2.45, 2.75) is 20.3 Å². The van der Waals surface area contributed by atoms with Crippen LogP contribution in [0.25, 0.3) is 28.2 Å². The van der Waals surface area contributed by atoms with Gasteiger partial charge in [0, 0.05) is 17.3 Å². The number of nitrogens with zero attached hydrogens (tertiary/aromatic N) is 1. The number of benzene rings is 3. The van der Waals surface area contributed by atoms with Gasteiger partial charge >= 0.3 is 0 Å². The van der Waals surface area contributed by atoms with Crippen LogP contribution in [0.15, 0.2) is 95.8 Å². The van der Waals surface area contributed by atoms with Gasteiger partial charge in [-0.2, -0.15) is 0 Å². The van der Waals surface area contributed by atoms with Gasteiger partial charge in [0.2, 0.25) is 0 Å². The molecule has 150 valence electrons. The van der Waals surface area contributed by atoms with E-state index in [0.29, 0.717) is 6.61 Å². The van der Waals surface area contributed by atoms with Crippen LogP contribution in [-0.4, -0.2) is 11.2 Å². The lowest BCUT2D eigenvalue weighted by atomic mass is 10.0. The Morgan fingerprint density at radius 1 is 0.800 bits per heavy atom. The maximum atomic E-state index is 12.9. The highest BCUT2D eigenvalue weighted by Gasteiger charge is 2.17. The average molecular weight is 396 g/mol. The van der Waals surface area contributed by atoms with Crippen LogP contribution in [0.5, 0.6) is 5.75 Å². The van der Waals surface area contributed by atoms with Crippen molar-refractivity contribution >= 4 is 0 Å². The minimum absolute atomic E-state index is 0.0341. The molecule has 0 amide bonds. The van der Waals surface area contributed by atoms with Crippen molar-refractivity contribution in [2.75, 3.05) is 6.61 Å². The molecule has 3 heteroatoms. The maximum Gasteiger partial charge on any atom is 0.185 e. The summed E-state index contributed by atoms with van der Waals surface area (Å²) in [5.41, 5.74) is 5.53. The highest BCUT2D eigenvalue weighted by atomic mass is 16.5. The largest absolute Gasteiger partial charge is 0.494 e. The SMILES string of the molecule is CCCOc1ccc(-n2c(-c3ccccc3)cc(=O)c(C)c2-c2ccccc2)cc1. The highest BCUT2D eigenvalue weighted by Crippen LogP contribution is 2.32. The van der Waals surface area contributed by atoms with Gasteiger partial charge in [-0.3, -0.25) is 4.79 Å². The second-order valence-corrected chi connectivity index (χ2v) is 7.28. The first kappa shape index (κ1) is 19.7. The van der Waals surface area contributed by atoms with E-state index in [0.717, 1.165) is 45.9 Å². The van der Waals surface area contributed by atoms with Crippen molar-refractivity contribution in [1.29, 1.82) is 0 Å². The van der Waals surface area contributed by atoms with E-state index in [1.54, 1.807) is 6.07 Å². The molecule has 1 heterocycles. The summed E-state index contributed by atoms with van der Waals surface area (Å²) in [5.74, 6) is 0.848. The van der Waals surface area contributed by atoms with E-state index in [9.17, 15) is 4.79 Å². The molecule has 0 unspecified atom stereocenters. The van der Waals surface area contributed by atoms with E-state index in [1.165, 1.54) is 0 Å². The Bertz CT molecular complexity index is 1180. The van der Waals surface area contributed by atoms with Gasteiger partial charge in [0.25, 0.3) is 0 Å². The summed E-state index contributed by atoms with van der Waals surface area (Å²) in [6, 6.07) is 29.9.